The van der Waals surface area contributed by atoms with E-state index in [1.807, 2.05) is 11.8 Å². The van der Waals surface area contributed by atoms with Crippen LogP contribution in [0.3, 0.4) is 0 Å². The average molecular weight is 284 g/mol. The first-order valence-electron chi connectivity index (χ1n) is 7.74. The zero-order chi connectivity index (χ0) is 13.7. The molecule has 0 aromatic carbocycles. The van der Waals surface area contributed by atoms with Gasteiger partial charge in [0.1, 0.15) is 0 Å². The zero-order valence-electron chi connectivity index (χ0n) is 12.3. The number of hydrogen-bond acceptors (Lipinski definition) is 3. The molecule has 2 aliphatic rings. The first kappa shape index (κ1) is 15.2. The van der Waals surface area contributed by atoms with Crippen LogP contribution in [0.1, 0.15) is 51.9 Å². The van der Waals surface area contributed by atoms with Gasteiger partial charge in [-0.25, -0.2) is 0 Å². The highest BCUT2D eigenvalue weighted by molar-refractivity contribution is 7.99. The lowest BCUT2D eigenvalue weighted by Gasteiger charge is -2.38. The molecule has 1 aliphatic carbocycles. The van der Waals surface area contributed by atoms with Gasteiger partial charge in [0.2, 0.25) is 5.91 Å². The van der Waals surface area contributed by atoms with Gasteiger partial charge in [0.05, 0.1) is 5.41 Å². The molecule has 0 aromatic heterocycles. The van der Waals surface area contributed by atoms with Crippen molar-refractivity contribution in [1.82, 2.24) is 10.6 Å². The van der Waals surface area contributed by atoms with Crippen LogP contribution in [0.2, 0.25) is 0 Å². The van der Waals surface area contributed by atoms with E-state index in [2.05, 4.69) is 23.8 Å². The summed E-state index contributed by atoms with van der Waals surface area (Å²) in [5.41, 5.74) is -0.0956. The predicted molar refractivity (Wildman–Crippen MR) is 82.5 cm³/mol. The summed E-state index contributed by atoms with van der Waals surface area (Å²) in [6, 6.07) is 0.425. The maximum absolute atomic E-state index is 12.6. The maximum atomic E-state index is 12.6. The third kappa shape index (κ3) is 3.66. The molecule has 1 saturated heterocycles. The SMILES string of the molecule is CCC1(C(=O)NC2CCC(SC)CC2)CCNCC1. The standard InChI is InChI=1S/C15H28N2OS/c1-3-15(8-10-16-11-9-15)14(18)17-12-4-6-13(19-2)7-5-12/h12-13,16H,3-11H2,1-2H3,(H,17,18). The second-order valence-corrected chi connectivity index (χ2v) is 7.20. The van der Waals surface area contributed by atoms with Crippen LogP contribution in [0.5, 0.6) is 0 Å². The topological polar surface area (TPSA) is 41.1 Å². The van der Waals surface area contributed by atoms with Gasteiger partial charge >= 0.3 is 0 Å². The van der Waals surface area contributed by atoms with Crippen molar-refractivity contribution in [3.05, 3.63) is 0 Å². The molecule has 0 aromatic rings. The van der Waals surface area contributed by atoms with Crippen molar-refractivity contribution in [3.63, 3.8) is 0 Å². The number of hydrogen-bond donors (Lipinski definition) is 2. The van der Waals surface area contributed by atoms with Crippen LogP contribution in [0, 0.1) is 5.41 Å². The van der Waals surface area contributed by atoms with E-state index in [-0.39, 0.29) is 5.41 Å². The van der Waals surface area contributed by atoms with E-state index >= 15 is 0 Å². The Hall–Kier alpha value is -0.220. The first-order chi connectivity index (χ1) is 9.20. The van der Waals surface area contributed by atoms with Crippen molar-refractivity contribution < 1.29 is 4.79 Å². The number of nitrogens with one attached hydrogen (secondary N) is 2. The number of thioether (sulfide) groups is 1. The van der Waals surface area contributed by atoms with E-state index in [0.717, 1.165) is 50.4 Å². The van der Waals surface area contributed by atoms with Gasteiger partial charge in [0, 0.05) is 11.3 Å². The maximum Gasteiger partial charge on any atom is 0.226 e. The van der Waals surface area contributed by atoms with Crippen molar-refractivity contribution in [3.8, 4) is 0 Å². The highest BCUT2D eigenvalue weighted by Gasteiger charge is 2.38. The van der Waals surface area contributed by atoms with Crippen molar-refractivity contribution in [1.29, 1.82) is 0 Å². The van der Waals surface area contributed by atoms with E-state index in [1.165, 1.54) is 12.8 Å². The zero-order valence-corrected chi connectivity index (χ0v) is 13.2. The molecule has 1 heterocycles. The summed E-state index contributed by atoms with van der Waals surface area (Å²) < 4.78 is 0. The highest BCUT2D eigenvalue weighted by atomic mass is 32.2. The minimum atomic E-state index is -0.0956. The second-order valence-electron chi connectivity index (χ2n) is 6.07. The lowest BCUT2D eigenvalue weighted by Crippen LogP contribution is -2.50. The molecule has 0 bridgehead atoms. The molecule has 19 heavy (non-hydrogen) atoms. The van der Waals surface area contributed by atoms with Gasteiger partial charge in [0.25, 0.3) is 0 Å². The minimum Gasteiger partial charge on any atom is -0.353 e. The van der Waals surface area contributed by atoms with E-state index in [4.69, 9.17) is 0 Å². The smallest absolute Gasteiger partial charge is 0.226 e. The van der Waals surface area contributed by atoms with Crippen molar-refractivity contribution in [2.45, 2.75) is 63.2 Å². The van der Waals surface area contributed by atoms with E-state index in [1.54, 1.807) is 0 Å². The van der Waals surface area contributed by atoms with Gasteiger partial charge < -0.3 is 10.6 Å². The molecular formula is C15H28N2OS. The Morgan fingerprint density at radius 1 is 1.26 bits per heavy atom. The number of carbonyl (C=O) groups is 1. The summed E-state index contributed by atoms with van der Waals surface area (Å²) in [5.74, 6) is 0.323. The fourth-order valence-electron chi connectivity index (χ4n) is 3.43. The van der Waals surface area contributed by atoms with E-state index in [9.17, 15) is 4.79 Å². The Morgan fingerprint density at radius 2 is 1.89 bits per heavy atom. The largest absolute Gasteiger partial charge is 0.353 e. The van der Waals surface area contributed by atoms with Gasteiger partial charge in [-0.05, 0) is 64.3 Å². The van der Waals surface area contributed by atoms with Gasteiger partial charge in [-0.3, -0.25) is 4.79 Å². The van der Waals surface area contributed by atoms with Gasteiger partial charge in [-0.2, -0.15) is 11.8 Å². The second kappa shape index (κ2) is 6.98. The number of amides is 1. The number of carbonyl (C=O) groups excluding carboxylic acids is 1. The lowest BCUT2D eigenvalue weighted by molar-refractivity contribution is -0.133. The van der Waals surface area contributed by atoms with Crippen molar-refractivity contribution in [2.75, 3.05) is 19.3 Å². The van der Waals surface area contributed by atoms with Crippen LogP contribution >= 0.6 is 11.8 Å². The predicted octanol–water partition coefficient (Wildman–Crippen LogP) is 2.56. The molecule has 4 heteroatoms. The highest BCUT2D eigenvalue weighted by Crippen LogP contribution is 2.34. The fraction of sp³-hybridized carbons (Fsp3) is 0.933. The monoisotopic (exact) mass is 284 g/mol. The Kier molecular flexibility index (Phi) is 5.58. The molecule has 1 saturated carbocycles. The molecule has 0 unspecified atom stereocenters. The van der Waals surface area contributed by atoms with Crippen LogP contribution in [0.25, 0.3) is 0 Å². The Morgan fingerprint density at radius 3 is 2.42 bits per heavy atom. The van der Waals surface area contributed by atoms with Crippen molar-refractivity contribution in [2.24, 2.45) is 5.41 Å². The third-order valence-electron chi connectivity index (χ3n) is 5.06. The molecule has 3 nitrogen and oxygen atoms in total. The van der Waals surface area contributed by atoms with Crippen LogP contribution in [0.4, 0.5) is 0 Å². The summed E-state index contributed by atoms with van der Waals surface area (Å²) in [4.78, 5) is 12.6. The average Bonchev–Trinajstić information content (AvgIpc) is 2.48. The Balaban J connectivity index is 1.86. The van der Waals surface area contributed by atoms with Crippen LogP contribution in [-0.4, -0.2) is 36.5 Å². The van der Waals surface area contributed by atoms with Crippen LogP contribution in [0.15, 0.2) is 0 Å². The number of rotatable bonds is 4. The molecular weight excluding hydrogens is 256 g/mol. The van der Waals surface area contributed by atoms with E-state index in [0.29, 0.717) is 11.9 Å². The summed E-state index contributed by atoms with van der Waals surface area (Å²) in [6.07, 6.45) is 10.0. The van der Waals surface area contributed by atoms with Gasteiger partial charge in [-0.1, -0.05) is 6.92 Å². The normalized spacial score (nSPS) is 30.8. The summed E-state index contributed by atoms with van der Waals surface area (Å²) in [7, 11) is 0. The molecule has 2 fully saturated rings. The number of piperidine rings is 1. The summed E-state index contributed by atoms with van der Waals surface area (Å²) in [6.45, 7) is 4.14. The first-order valence-corrected chi connectivity index (χ1v) is 9.03. The quantitative estimate of drug-likeness (QED) is 0.833. The summed E-state index contributed by atoms with van der Waals surface area (Å²) in [5, 5.41) is 7.52. The van der Waals surface area contributed by atoms with Crippen molar-refractivity contribution >= 4 is 17.7 Å². The molecule has 1 amide bonds. The van der Waals surface area contributed by atoms with Gasteiger partial charge in [0.15, 0.2) is 0 Å². The molecule has 110 valence electrons. The Bertz CT molecular complexity index is 295. The molecule has 1 aliphatic heterocycles. The van der Waals surface area contributed by atoms with Crippen LogP contribution < -0.4 is 10.6 Å². The molecule has 0 radical (unpaired) electrons. The van der Waals surface area contributed by atoms with Crippen LogP contribution in [-0.2, 0) is 4.79 Å². The third-order valence-corrected chi connectivity index (χ3v) is 6.20. The minimum absolute atomic E-state index is 0.0956. The molecule has 2 N–H and O–H groups in total. The molecule has 0 spiro atoms. The fourth-order valence-corrected chi connectivity index (χ4v) is 4.17. The summed E-state index contributed by atoms with van der Waals surface area (Å²) >= 11 is 1.98. The molecule has 0 atom stereocenters. The van der Waals surface area contributed by atoms with Gasteiger partial charge in [-0.15, -0.1) is 0 Å². The molecule has 2 rings (SSSR count). The Labute approximate surface area is 121 Å². The van der Waals surface area contributed by atoms with E-state index < -0.39 is 0 Å². The lowest BCUT2D eigenvalue weighted by atomic mass is 9.75.